The molecule has 0 saturated heterocycles. The highest BCUT2D eigenvalue weighted by Gasteiger charge is 2.12. The van der Waals surface area contributed by atoms with Gasteiger partial charge < -0.3 is 19.7 Å². The average molecular weight is 360 g/mol. The maximum Gasteiger partial charge on any atom is 0.166 e. The van der Waals surface area contributed by atoms with Crippen molar-refractivity contribution in [1.29, 1.82) is 0 Å². The van der Waals surface area contributed by atoms with E-state index >= 15 is 0 Å². The molecule has 0 amide bonds. The Morgan fingerprint density at radius 1 is 1.00 bits per heavy atom. The van der Waals surface area contributed by atoms with E-state index in [1.165, 1.54) is 6.07 Å². The number of halogens is 1. The van der Waals surface area contributed by atoms with E-state index in [2.05, 4.69) is 24.3 Å². The van der Waals surface area contributed by atoms with Crippen LogP contribution in [0.5, 0.6) is 11.5 Å². The Labute approximate surface area is 155 Å². The summed E-state index contributed by atoms with van der Waals surface area (Å²) < 4.78 is 25.5. The lowest BCUT2D eigenvalue weighted by Gasteiger charge is -2.17. The topological polar surface area (TPSA) is 33.7 Å². The Morgan fingerprint density at radius 3 is 2.50 bits per heavy atom. The zero-order chi connectivity index (χ0) is 18.8. The third-order valence-corrected chi connectivity index (χ3v) is 3.96. The predicted molar refractivity (Wildman–Crippen MR) is 103 cm³/mol. The van der Waals surface area contributed by atoms with Crippen molar-refractivity contribution in [3.8, 4) is 11.5 Å². The third kappa shape index (κ3) is 6.32. The standard InChI is InChI=1S/C21H29FN2O2/c1-4-25-20-12-7-10-17(15-23-13-8-14-24(2)3)21(20)26-16-18-9-5-6-11-19(18)22/h5-7,9-12,23H,4,8,13-16H2,1-3H3. The first-order chi connectivity index (χ1) is 12.6. The van der Waals surface area contributed by atoms with Crippen LogP contribution < -0.4 is 14.8 Å². The monoisotopic (exact) mass is 360 g/mol. The highest BCUT2D eigenvalue weighted by Crippen LogP contribution is 2.32. The van der Waals surface area contributed by atoms with Gasteiger partial charge in [0.1, 0.15) is 12.4 Å². The third-order valence-electron chi connectivity index (χ3n) is 3.96. The second-order valence-corrected chi connectivity index (χ2v) is 6.39. The van der Waals surface area contributed by atoms with Gasteiger partial charge in [-0.15, -0.1) is 0 Å². The maximum atomic E-state index is 13.9. The smallest absolute Gasteiger partial charge is 0.166 e. The van der Waals surface area contributed by atoms with Gasteiger partial charge in [0, 0.05) is 17.7 Å². The lowest BCUT2D eigenvalue weighted by atomic mass is 10.1. The molecule has 4 nitrogen and oxygen atoms in total. The number of para-hydroxylation sites is 1. The van der Waals surface area contributed by atoms with Crippen LogP contribution in [-0.2, 0) is 13.2 Å². The van der Waals surface area contributed by atoms with Crippen LogP contribution in [0.25, 0.3) is 0 Å². The van der Waals surface area contributed by atoms with Crippen molar-refractivity contribution in [2.75, 3.05) is 33.8 Å². The zero-order valence-electron chi connectivity index (χ0n) is 15.9. The molecule has 26 heavy (non-hydrogen) atoms. The first-order valence-electron chi connectivity index (χ1n) is 9.08. The minimum Gasteiger partial charge on any atom is -0.490 e. The first kappa shape index (κ1) is 20.2. The van der Waals surface area contributed by atoms with E-state index in [0.717, 1.165) is 25.1 Å². The summed E-state index contributed by atoms with van der Waals surface area (Å²) in [5.41, 5.74) is 1.54. The van der Waals surface area contributed by atoms with Crippen LogP contribution in [0.15, 0.2) is 42.5 Å². The molecule has 1 N–H and O–H groups in total. The molecule has 0 radical (unpaired) electrons. The molecular formula is C21H29FN2O2. The molecule has 0 aromatic heterocycles. The molecule has 0 spiro atoms. The Balaban J connectivity index is 2.04. The Hall–Kier alpha value is -2.11. The van der Waals surface area contributed by atoms with Gasteiger partial charge >= 0.3 is 0 Å². The van der Waals surface area contributed by atoms with Crippen molar-refractivity contribution >= 4 is 0 Å². The van der Waals surface area contributed by atoms with Gasteiger partial charge in [-0.2, -0.15) is 0 Å². The van der Waals surface area contributed by atoms with Gasteiger partial charge in [0.2, 0.25) is 0 Å². The molecule has 0 bridgehead atoms. The second kappa shape index (κ2) is 10.8. The van der Waals surface area contributed by atoms with Crippen LogP contribution in [0.1, 0.15) is 24.5 Å². The highest BCUT2D eigenvalue weighted by molar-refractivity contribution is 5.46. The Bertz CT molecular complexity index is 677. The normalized spacial score (nSPS) is 11.0. The minimum atomic E-state index is -0.259. The van der Waals surface area contributed by atoms with Gasteiger partial charge in [-0.3, -0.25) is 0 Å². The van der Waals surface area contributed by atoms with Crippen LogP contribution in [0.3, 0.4) is 0 Å². The summed E-state index contributed by atoms with van der Waals surface area (Å²) >= 11 is 0. The van der Waals surface area contributed by atoms with Crippen LogP contribution >= 0.6 is 0 Å². The van der Waals surface area contributed by atoms with Crippen LogP contribution in [0, 0.1) is 5.82 Å². The fraction of sp³-hybridized carbons (Fsp3) is 0.429. The van der Waals surface area contributed by atoms with E-state index in [0.29, 0.717) is 30.2 Å². The molecule has 0 aliphatic heterocycles. The van der Waals surface area contributed by atoms with E-state index in [1.807, 2.05) is 31.2 Å². The molecule has 0 aliphatic rings. The molecule has 2 aromatic carbocycles. The number of ether oxygens (including phenoxy) is 2. The second-order valence-electron chi connectivity index (χ2n) is 6.39. The number of hydrogen-bond donors (Lipinski definition) is 1. The fourth-order valence-corrected chi connectivity index (χ4v) is 2.64. The molecule has 0 fully saturated rings. The number of nitrogens with one attached hydrogen (secondary N) is 1. The predicted octanol–water partition coefficient (Wildman–Crippen LogP) is 3.84. The number of nitrogens with zero attached hydrogens (tertiary/aromatic N) is 1. The maximum absolute atomic E-state index is 13.9. The molecule has 2 rings (SSSR count). The Morgan fingerprint density at radius 2 is 1.77 bits per heavy atom. The van der Waals surface area contributed by atoms with Crippen molar-refractivity contribution in [2.24, 2.45) is 0 Å². The molecular weight excluding hydrogens is 331 g/mol. The zero-order valence-corrected chi connectivity index (χ0v) is 15.9. The number of rotatable bonds is 11. The van der Waals surface area contributed by atoms with Crippen molar-refractivity contribution in [2.45, 2.75) is 26.5 Å². The molecule has 0 aliphatic carbocycles. The number of hydrogen-bond acceptors (Lipinski definition) is 4. The van der Waals surface area contributed by atoms with Crippen molar-refractivity contribution in [3.63, 3.8) is 0 Å². The molecule has 0 heterocycles. The van der Waals surface area contributed by atoms with Gasteiger partial charge in [0.05, 0.1) is 6.61 Å². The molecule has 0 atom stereocenters. The van der Waals surface area contributed by atoms with E-state index in [9.17, 15) is 4.39 Å². The summed E-state index contributed by atoms with van der Waals surface area (Å²) in [4.78, 5) is 2.17. The summed E-state index contributed by atoms with van der Waals surface area (Å²) in [7, 11) is 4.14. The van der Waals surface area contributed by atoms with E-state index < -0.39 is 0 Å². The summed E-state index contributed by atoms with van der Waals surface area (Å²) in [6, 6.07) is 12.5. The quantitative estimate of drug-likeness (QED) is 0.617. The van der Waals surface area contributed by atoms with Crippen molar-refractivity contribution in [1.82, 2.24) is 10.2 Å². The van der Waals surface area contributed by atoms with Gasteiger partial charge in [-0.25, -0.2) is 4.39 Å². The first-order valence-corrected chi connectivity index (χ1v) is 9.08. The SMILES string of the molecule is CCOc1cccc(CNCCCN(C)C)c1OCc1ccccc1F. The van der Waals surface area contributed by atoms with Gasteiger partial charge in [0.15, 0.2) is 11.5 Å². The summed E-state index contributed by atoms with van der Waals surface area (Å²) in [6.45, 7) is 5.31. The Kier molecular flexibility index (Phi) is 8.38. The fourth-order valence-electron chi connectivity index (χ4n) is 2.64. The average Bonchev–Trinajstić information content (AvgIpc) is 2.62. The minimum absolute atomic E-state index is 0.171. The van der Waals surface area contributed by atoms with Crippen LogP contribution in [-0.4, -0.2) is 38.7 Å². The molecule has 2 aromatic rings. The molecule has 5 heteroatoms. The number of benzene rings is 2. The summed E-state index contributed by atoms with van der Waals surface area (Å²) in [5, 5.41) is 3.44. The molecule has 0 unspecified atom stereocenters. The van der Waals surface area contributed by atoms with E-state index in [1.54, 1.807) is 12.1 Å². The van der Waals surface area contributed by atoms with Crippen LogP contribution in [0.4, 0.5) is 4.39 Å². The lowest BCUT2D eigenvalue weighted by Crippen LogP contribution is -2.21. The van der Waals surface area contributed by atoms with Gasteiger partial charge in [0.25, 0.3) is 0 Å². The van der Waals surface area contributed by atoms with Gasteiger partial charge in [-0.1, -0.05) is 30.3 Å². The van der Waals surface area contributed by atoms with E-state index in [4.69, 9.17) is 9.47 Å². The largest absolute Gasteiger partial charge is 0.490 e. The lowest BCUT2D eigenvalue weighted by molar-refractivity contribution is 0.262. The van der Waals surface area contributed by atoms with Crippen molar-refractivity contribution < 1.29 is 13.9 Å². The molecule has 142 valence electrons. The van der Waals surface area contributed by atoms with E-state index in [-0.39, 0.29) is 12.4 Å². The summed E-state index contributed by atoms with van der Waals surface area (Å²) in [6.07, 6.45) is 1.07. The summed E-state index contributed by atoms with van der Waals surface area (Å²) in [5.74, 6) is 1.11. The highest BCUT2D eigenvalue weighted by atomic mass is 19.1. The van der Waals surface area contributed by atoms with Gasteiger partial charge in [-0.05, 0) is 52.7 Å². The van der Waals surface area contributed by atoms with Crippen molar-refractivity contribution in [3.05, 3.63) is 59.4 Å². The van der Waals surface area contributed by atoms with Crippen LogP contribution in [0.2, 0.25) is 0 Å². The molecule has 0 saturated carbocycles.